The molecule has 0 saturated heterocycles. The van der Waals surface area contributed by atoms with Crippen molar-refractivity contribution in [3.8, 4) is 11.5 Å². The molecule has 0 aliphatic carbocycles. The number of aromatic carboxylic acids is 1. The Morgan fingerprint density at radius 2 is 2.10 bits per heavy atom. The van der Waals surface area contributed by atoms with Crippen molar-refractivity contribution in [3.05, 3.63) is 48.4 Å². The quantitative estimate of drug-likeness (QED) is 0.790. The summed E-state index contributed by atoms with van der Waals surface area (Å²) in [5, 5.41) is 13.9. The van der Waals surface area contributed by atoms with Crippen molar-refractivity contribution in [2.24, 2.45) is 7.05 Å². The van der Waals surface area contributed by atoms with Crippen molar-refractivity contribution in [2.75, 3.05) is 0 Å². The van der Waals surface area contributed by atoms with Crippen molar-refractivity contribution in [2.45, 2.75) is 0 Å². The first-order chi connectivity index (χ1) is 9.65. The van der Waals surface area contributed by atoms with Crippen LogP contribution < -0.4 is 4.74 Å². The van der Waals surface area contributed by atoms with Gasteiger partial charge >= 0.3 is 5.97 Å². The lowest BCUT2D eigenvalue weighted by Gasteiger charge is -2.09. The summed E-state index contributed by atoms with van der Waals surface area (Å²) in [5.41, 5.74) is 0.698. The lowest BCUT2D eigenvalue weighted by molar-refractivity contribution is 0.0694. The summed E-state index contributed by atoms with van der Waals surface area (Å²) < 4.78 is 7.28. The third-order valence-corrected chi connectivity index (χ3v) is 2.86. The number of hydrogen-bond donors (Lipinski definition) is 1. The minimum absolute atomic E-state index is 0.0209. The highest BCUT2D eigenvalue weighted by Crippen LogP contribution is 2.32. The lowest BCUT2D eigenvalue weighted by Crippen LogP contribution is -2.01. The number of carboxylic acids is 1. The van der Waals surface area contributed by atoms with Gasteiger partial charge in [0, 0.05) is 18.6 Å². The summed E-state index contributed by atoms with van der Waals surface area (Å²) in [6.45, 7) is 0. The number of hydrogen-bond acceptors (Lipinski definition) is 4. The van der Waals surface area contributed by atoms with Crippen molar-refractivity contribution in [1.29, 1.82) is 0 Å². The van der Waals surface area contributed by atoms with Crippen LogP contribution in [0.2, 0.25) is 0 Å². The molecule has 1 N–H and O–H groups in total. The molecule has 0 atom stereocenters. The third-order valence-electron chi connectivity index (χ3n) is 2.86. The molecule has 1 aromatic carbocycles. The van der Waals surface area contributed by atoms with Gasteiger partial charge in [-0.05, 0) is 12.1 Å². The Bertz CT molecular complexity index is 795. The van der Waals surface area contributed by atoms with Crippen LogP contribution in [0.25, 0.3) is 10.9 Å². The second kappa shape index (κ2) is 4.65. The Balaban J connectivity index is 2.19. The number of carboxylic acid groups (broad SMARTS) is 1. The van der Waals surface area contributed by atoms with Gasteiger partial charge in [0.05, 0.1) is 17.9 Å². The number of ether oxygens (including phenoxy) is 1. The van der Waals surface area contributed by atoms with E-state index in [1.807, 2.05) is 12.1 Å². The number of fused-ring (bicyclic) bond motifs is 1. The van der Waals surface area contributed by atoms with Gasteiger partial charge in [0.2, 0.25) is 0 Å². The van der Waals surface area contributed by atoms with Crippen LogP contribution in [0.4, 0.5) is 0 Å². The zero-order valence-electron chi connectivity index (χ0n) is 10.6. The highest BCUT2D eigenvalue weighted by atomic mass is 16.5. The van der Waals surface area contributed by atoms with Gasteiger partial charge in [0.1, 0.15) is 5.56 Å². The van der Waals surface area contributed by atoms with E-state index >= 15 is 0 Å². The summed E-state index contributed by atoms with van der Waals surface area (Å²) in [6, 6.07) is 7.23. The standard InChI is InChI=1S/C14H11N3O3/c1-17-8-9(6-16-17)20-13-10-4-2-3-5-12(10)15-7-11(13)14(18)19/h2-8H,1H3,(H,18,19). The van der Waals surface area contributed by atoms with Gasteiger partial charge in [0.25, 0.3) is 0 Å². The monoisotopic (exact) mass is 269 g/mol. The van der Waals surface area contributed by atoms with E-state index in [0.29, 0.717) is 16.7 Å². The van der Waals surface area contributed by atoms with E-state index in [2.05, 4.69) is 10.1 Å². The number of para-hydroxylation sites is 1. The van der Waals surface area contributed by atoms with Crippen molar-refractivity contribution < 1.29 is 14.6 Å². The maximum atomic E-state index is 11.3. The van der Waals surface area contributed by atoms with Gasteiger partial charge in [-0.25, -0.2) is 4.79 Å². The van der Waals surface area contributed by atoms with E-state index in [4.69, 9.17) is 4.74 Å². The fourth-order valence-electron chi connectivity index (χ4n) is 1.95. The molecule has 0 aliphatic rings. The summed E-state index contributed by atoms with van der Waals surface area (Å²) >= 11 is 0. The van der Waals surface area contributed by atoms with Crippen molar-refractivity contribution >= 4 is 16.9 Å². The van der Waals surface area contributed by atoms with Gasteiger partial charge in [-0.15, -0.1) is 0 Å². The smallest absolute Gasteiger partial charge is 0.341 e. The molecule has 0 aliphatic heterocycles. The van der Waals surface area contributed by atoms with Gasteiger partial charge in [-0.1, -0.05) is 12.1 Å². The summed E-state index contributed by atoms with van der Waals surface area (Å²) in [5.74, 6) is -0.329. The minimum atomic E-state index is -1.08. The molecule has 3 rings (SSSR count). The molecule has 20 heavy (non-hydrogen) atoms. The molecule has 0 radical (unpaired) electrons. The van der Waals surface area contributed by atoms with Gasteiger partial charge < -0.3 is 9.84 Å². The zero-order chi connectivity index (χ0) is 14.1. The van der Waals surface area contributed by atoms with Gasteiger partial charge in [-0.2, -0.15) is 5.10 Å². The van der Waals surface area contributed by atoms with Crippen molar-refractivity contribution in [1.82, 2.24) is 14.8 Å². The van der Waals surface area contributed by atoms with Gasteiger partial charge in [0.15, 0.2) is 11.5 Å². The molecule has 0 amide bonds. The Labute approximate surface area is 114 Å². The van der Waals surface area contributed by atoms with E-state index in [1.54, 1.807) is 30.1 Å². The van der Waals surface area contributed by atoms with Crippen molar-refractivity contribution in [3.63, 3.8) is 0 Å². The van der Waals surface area contributed by atoms with E-state index in [1.165, 1.54) is 12.4 Å². The van der Waals surface area contributed by atoms with E-state index in [-0.39, 0.29) is 11.3 Å². The zero-order valence-corrected chi connectivity index (χ0v) is 10.6. The second-order valence-electron chi connectivity index (χ2n) is 4.28. The Morgan fingerprint density at radius 3 is 2.80 bits per heavy atom. The first-order valence-electron chi connectivity index (χ1n) is 5.92. The molecule has 0 fully saturated rings. The fraction of sp³-hybridized carbons (Fsp3) is 0.0714. The summed E-state index contributed by atoms with van der Waals surface area (Å²) in [4.78, 5) is 15.4. The fourth-order valence-corrected chi connectivity index (χ4v) is 1.95. The maximum Gasteiger partial charge on any atom is 0.341 e. The largest absolute Gasteiger partial charge is 0.477 e. The first-order valence-corrected chi connectivity index (χ1v) is 5.92. The molecule has 6 heteroatoms. The van der Waals surface area contributed by atoms with Crippen LogP contribution in [0.15, 0.2) is 42.9 Å². The molecule has 0 spiro atoms. The van der Waals surface area contributed by atoms with Crippen LogP contribution >= 0.6 is 0 Å². The molecular weight excluding hydrogens is 258 g/mol. The molecule has 0 bridgehead atoms. The molecule has 0 unspecified atom stereocenters. The highest BCUT2D eigenvalue weighted by molar-refractivity contribution is 5.98. The molecule has 6 nitrogen and oxygen atoms in total. The Hall–Kier alpha value is -2.89. The van der Waals surface area contributed by atoms with Crippen LogP contribution in [-0.4, -0.2) is 25.8 Å². The molecule has 0 saturated carbocycles. The van der Waals surface area contributed by atoms with Gasteiger partial charge in [-0.3, -0.25) is 9.67 Å². The molecular formula is C14H11N3O3. The average molecular weight is 269 g/mol. The van der Waals surface area contributed by atoms with Crippen LogP contribution in [-0.2, 0) is 7.05 Å². The van der Waals surface area contributed by atoms with E-state index in [9.17, 15) is 9.90 Å². The number of pyridine rings is 1. The van der Waals surface area contributed by atoms with Crippen LogP contribution in [0.5, 0.6) is 11.5 Å². The number of aryl methyl sites for hydroxylation is 1. The molecule has 2 aromatic heterocycles. The number of aromatic nitrogens is 3. The summed E-state index contributed by atoms with van der Waals surface area (Å²) in [6.07, 6.45) is 4.50. The normalized spacial score (nSPS) is 10.7. The van der Waals surface area contributed by atoms with Crippen LogP contribution in [0.3, 0.4) is 0 Å². The molecule has 3 aromatic rings. The molecule has 100 valence electrons. The number of benzene rings is 1. The number of rotatable bonds is 3. The number of carbonyl (C=O) groups is 1. The van der Waals surface area contributed by atoms with E-state index < -0.39 is 5.97 Å². The second-order valence-corrected chi connectivity index (χ2v) is 4.28. The highest BCUT2D eigenvalue weighted by Gasteiger charge is 2.17. The Kier molecular flexibility index (Phi) is 2.83. The first kappa shape index (κ1) is 12.2. The Morgan fingerprint density at radius 1 is 1.30 bits per heavy atom. The topological polar surface area (TPSA) is 77.2 Å². The van der Waals surface area contributed by atoms with Crippen LogP contribution in [0.1, 0.15) is 10.4 Å². The average Bonchev–Trinajstić information content (AvgIpc) is 2.84. The SMILES string of the molecule is Cn1cc(Oc2c(C(=O)O)cnc3ccccc23)cn1. The minimum Gasteiger partial charge on any atom is -0.477 e. The number of nitrogens with zero attached hydrogens (tertiary/aromatic N) is 3. The lowest BCUT2D eigenvalue weighted by atomic mass is 10.1. The maximum absolute atomic E-state index is 11.3. The predicted octanol–water partition coefficient (Wildman–Crippen LogP) is 2.46. The third kappa shape index (κ3) is 2.07. The summed E-state index contributed by atoms with van der Waals surface area (Å²) in [7, 11) is 1.76. The predicted molar refractivity (Wildman–Crippen MR) is 72.0 cm³/mol. The van der Waals surface area contributed by atoms with Crippen LogP contribution in [0, 0.1) is 0 Å². The van der Waals surface area contributed by atoms with E-state index in [0.717, 1.165) is 0 Å². The molecule has 2 heterocycles.